The third-order valence-electron chi connectivity index (χ3n) is 4.67. The summed E-state index contributed by atoms with van der Waals surface area (Å²) in [6.07, 6.45) is 5.37. The number of anilines is 1. The van der Waals surface area contributed by atoms with Crippen LogP contribution in [0.1, 0.15) is 53.7 Å². The lowest BCUT2D eigenvalue weighted by molar-refractivity contribution is 0.102. The first-order chi connectivity index (χ1) is 10.6. The predicted molar refractivity (Wildman–Crippen MR) is 88.1 cm³/mol. The Morgan fingerprint density at radius 2 is 2.18 bits per heavy atom. The smallest absolute Gasteiger partial charge is 0.259 e. The van der Waals surface area contributed by atoms with Gasteiger partial charge in [-0.3, -0.25) is 9.48 Å². The van der Waals surface area contributed by atoms with Gasteiger partial charge >= 0.3 is 0 Å². The van der Waals surface area contributed by atoms with Crippen LogP contribution in [0.25, 0.3) is 0 Å². The molecule has 22 heavy (non-hydrogen) atoms. The summed E-state index contributed by atoms with van der Waals surface area (Å²) in [5, 5.41) is 7.21. The molecule has 0 bridgehead atoms. The van der Waals surface area contributed by atoms with Crippen LogP contribution in [0, 0.1) is 12.8 Å². The molecule has 2 atom stereocenters. The highest BCUT2D eigenvalue weighted by atomic mass is 16.1. The highest BCUT2D eigenvalue weighted by Crippen LogP contribution is 2.52. The molecule has 0 radical (unpaired) electrons. The summed E-state index contributed by atoms with van der Waals surface area (Å²) in [7, 11) is 1.85. The van der Waals surface area contributed by atoms with Gasteiger partial charge in [-0.15, -0.1) is 0 Å². The van der Waals surface area contributed by atoms with Crippen molar-refractivity contribution in [3.8, 4) is 0 Å². The Labute approximate surface area is 131 Å². The molecule has 4 heteroatoms. The number of aromatic nitrogens is 2. The number of carbonyl (C=O) groups is 1. The number of carbonyl (C=O) groups excluding carboxylic acids is 1. The van der Waals surface area contributed by atoms with E-state index in [1.807, 2.05) is 26.1 Å². The zero-order valence-electron chi connectivity index (χ0n) is 13.5. The van der Waals surface area contributed by atoms with Crippen molar-refractivity contribution < 1.29 is 4.79 Å². The standard InChI is InChI=1S/C18H23N3O/c1-4-7-13-10-15(13)14-8-5-6-9-17(14)20-18(22)16-11-19-21(3)12(16)2/h5-6,8-9,11,13,15H,4,7,10H2,1-3H3,(H,20,22). The van der Waals surface area contributed by atoms with Gasteiger partial charge in [-0.05, 0) is 36.8 Å². The lowest BCUT2D eigenvalue weighted by Gasteiger charge is -2.11. The van der Waals surface area contributed by atoms with Gasteiger partial charge in [0, 0.05) is 18.4 Å². The fourth-order valence-corrected chi connectivity index (χ4v) is 3.16. The van der Waals surface area contributed by atoms with Crippen LogP contribution in [-0.4, -0.2) is 15.7 Å². The maximum Gasteiger partial charge on any atom is 0.259 e. The second-order valence-corrected chi connectivity index (χ2v) is 6.20. The molecule has 0 spiro atoms. The third-order valence-corrected chi connectivity index (χ3v) is 4.67. The Hall–Kier alpha value is -2.10. The fourth-order valence-electron chi connectivity index (χ4n) is 3.16. The topological polar surface area (TPSA) is 46.9 Å². The van der Waals surface area contributed by atoms with Gasteiger partial charge in [-0.2, -0.15) is 5.10 Å². The Balaban J connectivity index is 1.78. The number of rotatable bonds is 5. The van der Waals surface area contributed by atoms with Crippen LogP contribution < -0.4 is 5.32 Å². The van der Waals surface area contributed by atoms with Crippen LogP contribution in [-0.2, 0) is 7.05 Å². The van der Waals surface area contributed by atoms with Gasteiger partial charge < -0.3 is 5.32 Å². The molecule has 3 rings (SSSR count). The number of aryl methyl sites for hydroxylation is 1. The van der Waals surface area contributed by atoms with Crippen molar-refractivity contribution in [2.24, 2.45) is 13.0 Å². The van der Waals surface area contributed by atoms with E-state index >= 15 is 0 Å². The molecule has 116 valence electrons. The molecule has 1 N–H and O–H groups in total. The molecule has 1 amide bonds. The van der Waals surface area contributed by atoms with Gasteiger partial charge in [0.2, 0.25) is 0 Å². The molecule has 1 fully saturated rings. The zero-order chi connectivity index (χ0) is 15.7. The number of hydrogen-bond acceptors (Lipinski definition) is 2. The zero-order valence-corrected chi connectivity index (χ0v) is 13.5. The molecular weight excluding hydrogens is 274 g/mol. The Morgan fingerprint density at radius 3 is 2.86 bits per heavy atom. The number of nitrogens with zero attached hydrogens (tertiary/aromatic N) is 2. The molecule has 1 aliphatic carbocycles. The lowest BCUT2D eigenvalue weighted by Crippen LogP contribution is -2.14. The largest absolute Gasteiger partial charge is 0.322 e. The van der Waals surface area contributed by atoms with E-state index in [0.29, 0.717) is 11.5 Å². The van der Waals surface area contributed by atoms with E-state index in [2.05, 4.69) is 29.5 Å². The van der Waals surface area contributed by atoms with Gasteiger partial charge in [0.25, 0.3) is 5.91 Å². The maximum atomic E-state index is 12.5. The first-order valence-electron chi connectivity index (χ1n) is 8.00. The van der Waals surface area contributed by atoms with E-state index in [4.69, 9.17) is 0 Å². The van der Waals surface area contributed by atoms with E-state index in [1.54, 1.807) is 10.9 Å². The highest BCUT2D eigenvalue weighted by molar-refractivity contribution is 6.05. The second-order valence-electron chi connectivity index (χ2n) is 6.20. The molecule has 2 unspecified atom stereocenters. The normalized spacial score (nSPS) is 20.0. The second kappa shape index (κ2) is 5.95. The van der Waals surface area contributed by atoms with E-state index in [1.165, 1.54) is 24.8 Å². The van der Waals surface area contributed by atoms with Crippen molar-refractivity contribution in [3.05, 3.63) is 47.3 Å². The van der Waals surface area contributed by atoms with Crippen molar-refractivity contribution >= 4 is 11.6 Å². The molecule has 0 saturated heterocycles. The number of benzene rings is 1. The number of para-hydroxylation sites is 1. The van der Waals surface area contributed by atoms with E-state index in [0.717, 1.165) is 17.3 Å². The molecule has 4 nitrogen and oxygen atoms in total. The number of amides is 1. The first kappa shape index (κ1) is 14.8. The molecular formula is C18H23N3O. The van der Waals surface area contributed by atoms with Crippen molar-refractivity contribution in [1.29, 1.82) is 0 Å². The van der Waals surface area contributed by atoms with Crippen molar-refractivity contribution in [3.63, 3.8) is 0 Å². The van der Waals surface area contributed by atoms with Gasteiger partial charge in [0.15, 0.2) is 0 Å². The summed E-state index contributed by atoms with van der Waals surface area (Å²) in [6, 6.07) is 8.18. The first-order valence-corrected chi connectivity index (χ1v) is 8.00. The lowest BCUT2D eigenvalue weighted by atomic mass is 10.0. The Kier molecular flexibility index (Phi) is 4.01. The molecule has 1 aromatic carbocycles. The van der Waals surface area contributed by atoms with Crippen LogP contribution >= 0.6 is 0 Å². The average Bonchev–Trinajstić information content (AvgIpc) is 3.19. The summed E-state index contributed by atoms with van der Waals surface area (Å²) in [5.74, 6) is 1.31. The quantitative estimate of drug-likeness (QED) is 0.910. The summed E-state index contributed by atoms with van der Waals surface area (Å²) in [5.41, 5.74) is 3.73. The Morgan fingerprint density at radius 1 is 1.41 bits per heavy atom. The summed E-state index contributed by atoms with van der Waals surface area (Å²) >= 11 is 0. The summed E-state index contributed by atoms with van der Waals surface area (Å²) in [6.45, 7) is 4.14. The minimum Gasteiger partial charge on any atom is -0.322 e. The molecule has 1 aliphatic rings. The SMILES string of the molecule is CCCC1CC1c1ccccc1NC(=O)c1cnn(C)c1C. The van der Waals surface area contributed by atoms with Crippen LogP contribution in [0.3, 0.4) is 0 Å². The number of nitrogens with one attached hydrogen (secondary N) is 1. The van der Waals surface area contributed by atoms with Gasteiger partial charge in [-0.25, -0.2) is 0 Å². The Bertz CT molecular complexity index is 689. The van der Waals surface area contributed by atoms with Gasteiger partial charge in [0.05, 0.1) is 11.8 Å². The molecule has 1 heterocycles. The average molecular weight is 297 g/mol. The van der Waals surface area contributed by atoms with Crippen molar-refractivity contribution in [2.45, 2.75) is 39.0 Å². The van der Waals surface area contributed by atoms with E-state index < -0.39 is 0 Å². The van der Waals surface area contributed by atoms with Gasteiger partial charge in [-0.1, -0.05) is 38.0 Å². The maximum absolute atomic E-state index is 12.5. The molecule has 0 aliphatic heterocycles. The minimum absolute atomic E-state index is 0.0780. The number of hydrogen-bond donors (Lipinski definition) is 1. The summed E-state index contributed by atoms with van der Waals surface area (Å²) in [4.78, 5) is 12.5. The van der Waals surface area contributed by atoms with E-state index in [-0.39, 0.29) is 5.91 Å². The van der Waals surface area contributed by atoms with Crippen LogP contribution in [0.4, 0.5) is 5.69 Å². The molecule has 1 saturated carbocycles. The highest BCUT2D eigenvalue weighted by Gasteiger charge is 2.38. The van der Waals surface area contributed by atoms with Gasteiger partial charge in [0.1, 0.15) is 0 Å². The minimum atomic E-state index is -0.0780. The molecule has 1 aromatic heterocycles. The van der Waals surface area contributed by atoms with Crippen LogP contribution in [0.5, 0.6) is 0 Å². The molecule has 2 aromatic rings. The van der Waals surface area contributed by atoms with Crippen molar-refractivity contribution in [2.75, 3.05) is 5.32 Å². The van der Waals surface area contributed by atoms with E-state index in [9.17, 15) is 4.79 Å². The fraction of sp³-hybridized carbons (Fsp3) is 0.444. The van der Waals surface area contributed by atoms with Crippen LogP contribution in [0.2, 0.25) is 0 Å². The summed E-state index contributed by atoms with van der Waals surface area (Å²) < 4.78 is 1.72. The third kappa shape index (κ3) is 2.78. The predicted octanol–water partition coefficient (Wildman–Crippen LogP) is 3.88. The van der Waals surface area contributed by atoms with Crippen molar-refractivity contribution in [1.82, 2.24) is 9.78 Å². The van der Waals surface area contributed by atoms with Crippen LogP contribution in [0.15, 0.2) is 30.5 Å². The monoisotopic (exact) mass is 297 g/mol.